The van der Waals surface area contributed by atoms with Gasteiger partial charge in [-0.1, -0.05) is 54.6 Å². The molecular formula is C21H22N4O2. The zero-order chi connectivity index (χ0) is 19.1. The van der Waals surface area contributed by atoms with Gasteiger partial charge in [0.25, 0.3) is 0 Å². The maximum absolute atomic E-state index is 11.5. The number of rotatable bonds is 7. The highest BCUT2D eigenvalue weighted by molar-refractivity contribution is 5.98. The van der Waals surface area contributed by atoms with Crippen molar-refractivity contribution in [1.82, 2.24) is 10.2 Å². The van der Waals surface area contributed by atoms with Crippen molar-refractivity contribution in [2.24, 2.45) is 5.10 Å². The summed E-state index contributed by atoms with van der Waals surface area (Å²) >= 11 is 0. The second-order valence-corrected chi connectivity index (χ2v) is 6.14. The molecule has 0 fully saturated rings. The number of fused-ring (bicyclic) bond motifs is 1. The zero-order valence-corrected chi connectivity index (χ0v) is 15.5. The fraction of sp³-hybridized carbons (Fsp3) is 0.238. The standard InChI is InChI=1S/C21H22N4O2/c1-3-27-20(26)13-15(2)22-24-21-18-12-8-7-11-17(18)19(23-25-21)14-16-9-5-4-6-10-16/h4-12H,3,13-14H2,1-2H3,(H,24,25)/b22-15+. The molecule has 0 aliphatic carbocycles. The van der Waals surface area contributed by atoms with E-state index in [-0.39, 0.29) is 12.4 Å². The predicted octanol–water partition coefficient (Wildman–Crippen LogP) is 3.96. The molecule has 6 nitrogen and oxygen atoms in total. The molecule has 0 amide bonds. The summed E-state index contributed by atoms with van der Waals surface area (Å²) in [6.07, 6.45) is 0.845. The molecule has 0 saturated heterocycles. The molecule has 0 unspecified atom stereocenters. The van der Waals surface area contributed by atoms with Crippen molar-refractivity contribution in [3.8, 4) is 0 Å². The minimum Gasteiger partial charge on any atom is -0.466 e. The number of carbonyl (C=O) groups excluding carboxylic acids is 1. The first-order valence-corrected chi connectivity index (χ1v) is 8.90. The molecule has 0 radical (unpaired) electrons. The fourth-order valence-corrected chi connectivity index (χ4v) is 2.77. The Morgan fingerprint density at radius 3 is 2.48 bits per heavy atom. The SMILES string of the molecule is CCOC(=O)C/C(C)=N/Nc1nnc(Cc2ccccc2)c2ccccc12. The number of benzene rings is 2. The largest absolute Gasteiger partial charge is 0.466 e. The molecule has 1 N–H and O–H groups in total. The number of carbonyl (C=O) groups is 1. The van der Waals surface area contributed by atoms with Crippen LogP contribution in [0.3, 0.4) is 0 Å². The van der Waals surface area contributed by atoms with Gasteiger partial charge in [0.05, 0.1) is 18.7 Å². The van der Waals surface area contributed by atoms with E-state index in [2.05, 4.69) is 32.9 Å². The number of esters is 1. The number of anilines is 1. The Kier molecular flexibility index (Phi) is 6.10. The fourth-order valence-electron chi connectivity index (χ4n) is 2.77. The Hall–Kier alpha value is -3.28. The molecule has 0 bridgehead atoms. The van der Waals surface area contributed by atoms with Gasteiger partial charge in [-0.05, 0) is 19.4 Å². The van der Waals surface area contributed by atoms with E-state index in [0.29, 0.717) is 24.6 Å². The highest BCUT2D eigenvalue weighted by atomic mass is 16.5. The number of nitrogens with one attached hydrogen (secondary N) is 1. The Morgan fingerprint density at radius 2 is 1.74 bits per heavy atom. The summed E-state index contributed by atoms with van der Waals surface area (Å²) in [7, 11) is 0. The molecule has 138 valence electrons. The molecule has 0 aliphatic rings. The second-order valence-electron chi connectivity index (χ2n) is 6.14. The molecule has 0 atom stereocenters. The first-order chi connectivity index (χ1) is 13.2. The van der Waals surface area contributed by atoms with Gasteiger partial charge < -0.3 is 4.74 Å². The number of hydrogen-bond acceptors (Lipinski definition) is 6. The predicted molar refractivity (Wildman–Crippen MR) is 107 cm³/mol. The van der Waals surface area contributed by atoms with Crippen LogP contribution < -0.4 is 5.43 Å². The second kappa shape index (κ2) is 8.89. The Bertz CT molecular complexity index is 955. The lowest BCUT2D eigenvalue weighted by molar-refractivity contribution is -0.141. The minimum absolute atomic E-state index is 0.137. The van der Waals surface area contributed by atoms with Crippen LogP contribution in [0.25, 0.3) is 10.8 Å². The van der Waals surface area contributed by atoms with E-state index in [9.17, 15) is 4.79 Å². The maximum atomic E-state index is 11.5. The lowest BCUT2D eigenvalue weighted by Crippen LogP contribution is -2.10. The summed E-state index contributed by atoms with van der Waals surface area (Å²) in [5.41, 5.74) is 5.64. The zero-order valence-electron chi connectivity index (χ0n) is 15.5. The highest BCUT2D eigenvalue weighted by Crippen LogP contribution is 2.24. The Morgan fingerprint density at radius 1 is 1.04 bits per heavy atom. The quantitative estimate of drug-likeness (QED) is 0.391. The molecule has 0 saturated carbocycles. The normalized spacial score (nSPS) is 11.4. The number of ether oxygens (including phenoxy) is 1. The summed E-state index contributed by atoms with van der Waals surface area (Å²) in [6, 6.07) is 18.1. The molecule has 27 heavy (non-hydrogen) atoms. The topological polar surface area (TPSA) is 76.5 Å². The monoisotopic (exact) mass is 362 g/mol. The third kappa shape index (κ3) is 4.88. The average molecular weight is 362 g/mol. The van der Waals surface area contributed by atoms with Crippen LogP contribution in [0.2, 0.25) is 0 Å². The van der Waals surface area contributed by atoms with E-state index in [0.717, 1.165) is 16.5 Å². The third-order valence-electron chi connectivity index (χ3n) is 4.04. The number of nitrogens with zero attached hydrogens (tertiary/aromatic N) is 3. The number of aromatic nitrogens is 2. The van der Waals surface area contributed by atoms with Crippen molar-refractivity contribution in [2.45, 2.75) is 26.7 Å². The molecule has 6 heteroatoms. The molecule has 1 heterocycles. The Balaban J connectivity index is 1.83. The number of hydrogen-bond donors (Lipinski definition) is 1. The van der Waals surface area contributed by atoms with Gasteiger partial charge in [0.15, 0.2) is 5.82 Å². The summed E-state index contributed by atoms with van der Waals surface area (Å²) in [5.74, 6) is 0.264. The van der Waals surface area contributed by atoms with Crippen molar-refractivity contribution in [2.75, 3.05) is 12.0 Å². The van der Waals surface area contributed by atoms with Gasteiger partial charge in [-0.25, -0.2) is 0 Å². The highest BCUT2D eigenvalue weighted by Gasteiger charge is 2.10. The first kappa shape index (κ1) is 18.5. The van der Waals surface area contributed by atoms with Crippen LogP contribution in [0.4, 0.5) is 5.82 Å². The van der Waals surface area contributed by atoms with E-state index in [1.165, 1.54) is 5.56 Å². The van der Waals surface area contributed by atoms with Crippen molar-refractivity contribution < 1.29 is 9.53 Å². The van der Waals surface area contributed by atoms with Crippen LogP contribution in [-0.2, 0) is 16.0 Å². The van der Waals surface area contributed by atoms with Gasteiger partial charge in [0.2, 0.25) is 0 Å². The first-order valence-electron chi connectivity index (χ1n) is 8.90. The van der Waals surface area contributed by atoms with E-state index in [1.807, 2.05) is 42.5 Å². The Labute approximate surface area is 158 Å². The van der Waals surface area contributed by atoms with Gasteiger partial charge in [-0.15, -0.1) is 5.10 Å². The molecule has 1 aromatic heterocycles. The third-order valence-corrected chi connectivity index (χ3v) is 4.04. The van der Waals surface area contributed by atoms with Crippen LogP contribution in [0.15, 0.2) is 59.7 Å². The van der Waals surface area contributed by atoms with Crippen molar-refractivity contribution in [3.05, 3.63) is 65.9 Å². The van der Waals surface area contributed by atoms with Gasteiger partial charge in [0.1, 0.15) is 0 Å². The maximum Gasteiger partial charge on any atom is 0.311 e. The minimum atomic E-state index is -0.297. The molecular weight excluding hydrogens is 340 g/mol. The number of hydrazone groups is 1. The lowest BCUT2D eigenvalue weighted by Gasteiger charge is -2.09. The van der Waals surface area contributed by atoms with E-state index in [1.54, 1.807) is 13.8 Å². The van der Waals surface area contributed by atoms with Gasteiger partial charge in [-0.3, -0.25) is 10.2 Å². The van der Waals surface area contributed by atoms with Crippen LogP contribution in [-0.4, -0.2) is 28.5 Å². The summed E-state index contributed by atoms with van der Waals surface area (Å²) in [5, 5.41) is 14.9. The van der Waals surface area contributed by atoms with Gasteiger partial charge in [-0.2, -0.15) is 10.2 Å². The molecule has 0 spiro atoms. The average Bonchev–Trinajstić information content (AvgIpc) is 2.68. The van der Waals surface area contributed by atoms with E-state index >= 15 is 0 Å². The summed E-state index contributed by atoms with van der Waals surface area (Å²) in [6.45, 7) is 3.91. The van der Waals surface area contributed by atoms with Crippen molar-refractivity contribution in [3.63, 3.8) is 0 Å². The summed E-state index contributed by atoms with van der Waals surface area (Å²) in [4.78, 5) is 11.5. The van der Waals surface area contributed by atoms with Crippen molar-refractivity contribution >= 4 is 28.3 Å². The molecule has 3 rings (SSSR count). The molecule has 2 aromatic carbocycles. The van der Waals surface area contributed by atoms with Crippen LogP contribution in [0, 0.1) is 0 Å². The molecule has 3 aromatic rings. The van der Waals surface area contributed by atoms with Gasteiger partial charge >= 0.3 is 5.97 Å². The van der Waals surface area contributed by atoms with Crippen LogP contribution >= 0.6 is 0 Å². The van der Waals surface area contributed by atoms with E-state index < -0.39 is 0 Å². The lowest BCUT2D eigenvalue weighted by atomic mass is 10.0. The smallest absolute Gasteiger partial charge is 0.311 e. The van der Waals surface area contributed by atoms with Gasteiger partial charge in [0, 0.05) is 22.9 Å². The molecule has 0 aliphatic heterocycles. The van der Waals surface area contributed by atoms with Crippen LogP contribution in [0.1, 0.15) is 31.5 Å². The summed E-state index contributed by atoms with van der Waals surface area (Å²) < 4.78 is 4.93. The van der Waals surface area contributed by atoms with Crippen LogP contribution in [0.5, 0.6) is 0 Å². The van der Waals surface area contributed by atoms with E-state index in [4.69, 9.17) is 4.74 Å². The van der Waals surface area contributed by atoms with Crippen molar-refractivity contribution in [1.29, 1.82) is 0 Å².